The molecule has 1 aromatic heterocycles. The summed E-state index contributed by atoms with van der Waals surface area (Å²) in [7, 11) is -3.39. The van der Waals surface area contributed by atoms with Crippen molar-refractivity contribution in [1.82, 2.24) is 9.29 Å². The second-order valence-electron chi connectivity index (χ2n) is 6.69. The van der Waals surface area contributed by atoms with Gasteiger partial charge in [0.15, 0.2) is 0 Å². The molecule has 0 amide bonds. The van der Waals surface area contributed by atoms with E-state index < -0.39 is 10.0 Å². The molecule has 0 unspecified atom stereocenters. The third-order valence-corrected chi connectivity index (χ3v) is 6.61. The Morgan fingerprint density at radius 2 is 1.73 bits per heavy atom. The molecule has 2 aromatic rings. The van der Waals surface area contributed by atoms with Crippen LogP contribution in [0, 0.1) is 0 Å². The summed E-state index contributed by atoms with van der Waals surface area (Å²) in [5.41, 5.74) is 1.89. The quantitative estimate of drug-likeness (QED) is 0.749. The second-order valence-corrected chi connectivity index (χ2v) is 8.62. The van der Waals surface area contributed by atoms with Gasteiger partial charge in [0.25, 0.3) is 0 Å². The molecule has 1 fully saturated rings. The highest BCUT2D eigenvalue weighted by Gasteiger charge is 2.25. The van der Waals surface area contributed by atoms with Crippen LogP contribution in [0.2, 0.25) is 0 Å². The van der Waals surface area contributed by atoms with E-state index in [1.54, 1.807) is 28.8 Å². The molecular weight excluding hydrogens is 348 g/mol. The van der Waals surface area contributed by atoms with Crippen molar-refractivity contribution >= 4 is 15.8 Å². The van der Waals surface area contributed by atoms with E-state index in [1.165, 1.54) is 0 Å². The first-order valence-electron chi connectivity index (χ1n) is 9.05. The van der Waals surface area contributed by atoms with Gasteiger partial charge < -0.3 is 0 Å². The Hall–Kier alpha value is -2.05. The van der Waals surface area contributed by atoms with Crippen molar-refractivity contribution in [3.63, 3.8) is 0 Å². The van der Waals surface area contributed by atoms with Crippen molar-refractivity contribution in [3.8, 4) is 0 Å². The highest BCUT2D eigenvalue weighted by Crippen LogP contribution is 2.21. The number of sulfonamides is 1. The van der Waals surface area contributed by atoms with Crippen LogP contribution in [0.4, 0.5) is 0 Å². The number of rotatable bonds is 7. The van der Waals surface area contributed by atoms with E-state index in [2.05, 4.69) is 4.98 Å². The zero-order chi connectivity index (χ0) is 18.4. The molecule has 1 saturated heterocycles. The predicted molar refractivity (Wildman–Crippen MR) is 100 cm³/mol. The number of aromatic nitrogens is 1. The van der Waals surface area contributed by atoms with Gasteiger partial charge in [0.2, 0.25) is 10.0 Å². The summed E-state index contributed by atoms with van der Waals surface area (Å²) < 4.78 is 26.8. The molecule has 1 aliphatic rings. The first-order valence-corrected chi connectivity index (χ1v) is 10.5. The van der Waals surface area contributed by atoms with Crippen LogP contribution in [0.1, 0.15) is 36.8 Å². The average Bonchev–Trinajstić information content (AvgIpc) is 2.68. The highest BCUT2D eigenvalue weighted by atomic mass is 32.2. The van der Waals surface area contributed by atoms with Crippen molar-refractivity contribution in [3.05, 3.63) is 59.9 Å². The maximum Gasteiger partial charge on any atom is 0.243 e. The maximum atomic E-state index is 12.6. The number of hydrogen-bond donors (Lipinski definition) is 0. The number of carbonyl (C=O) groups excluding carboxylic acids is 1. The molecule has 3 rings (SSSR count). The molecule has 1 aromatic carbocycles. The number of nitrogens with zero attached hydrogens (tertiary/aromatic N) is 2. The maximum absolute atomic E-state index is 12.6. The number of carbonyl (C=O) groups is 1. The number of hydrogen-bond acceptors (Lipinski definition) is 4. The van der Waals surface area contributed by atoms with Crippen molar-refractivity contribution in [2.24, 2.45) is 0 Å². The van der Waals surface area contributed by atoms with E-state index in [0.717, 1.165) is 30.4 Å². The summed E-state index contributed by atoms with van der Waals surface area (Å²) in [5, 5.41) is 0. The lowest BCUT2D eigenvalue weighted by atomic mass is 10.0. The minimum absolute atomic E-state index is 0.156. The largest absolute Gasteiger partial charge is 0.299 e. The Morgan fingerprint density at radius 1 is 1.00 bits per heavy atom. The molecule has 0 aliphatic carbocycles. The number of benzene rings is 1. The molecule has 138 valence electrons. The van der Waals surface area contributed by atoms with Gasteiger partial charge in [-0.05, 0) is 48.6 Å². The SMILES string of the molecule is O=C(CCc1ccc(S(=O)(=O)N2CCCCC2)cc1)Cc1cccnc1. The Labute approximate surface area is 155 Å². The zero-order valence-electron chi connectivity index (χ0n) is 14.8. The second kappa shape index (κ2) is 8.56. The monoisotopic (exact) mass is 372 g/mol. The lowest BCUT2D eigenvalue weighted by Gasteiger charge is -2.25. The summed E-state index contributed by atoms with van der Waals surface area (Å²) in [6.45, 7) is 1.21. The van der Waals surface area contributed by atoms with Crippen LogP contribution in [-0.2, 0) is 27.7 Å². The Kier molecular flexibility index (Phi) is 6.16. The fraction of sp³-hybridized carbons (Fsp3) is 0.400. The zero-order valence-corrected chi connectivity index (χ0v) is 15.6. The van der Waals surface area contributed by atoms with Crippen LogP contribution in [0.5, 0.6) is 0 Å². The van der Waals surface area contributed by atoms with E-state index >= 15 is 0 Å². The fourth-order valence-electron chi connectivity index (χ4n) is 3.18. The van der Waals surface area contributed by atoms with E-state index in [4.69, 9.17) is 0 Å². The molecule has 0 spiro atoms. The molecule has 1 aliphatic heterocycles. The van der Waals surface area contributed by atoms with Crippen molar-refractivity contribution in [2.45, 2.75) is 43.4 Å². The van der Waals surface area contributed by atoms with Crippen LogP contribution in [0.3, 0.4) is 0 Å². The highest BCUT2D eigenvalue weighted by molar-refractivity contribution is 7.89. The Morgan fingerprint density at radius 3 is 2.38 bits per heavy atom. The first-order chi connectivity index (χ1) is 12.6. The number of piperidine rings is 1. The smallest absolute Gasteiger partial charge is 0.243 e. The topological polar surface area (TPSA) is 67.3 Å². The van der Waals surface area contributed by atoms with Crippen LogP contribution in [-0.4, -0.2) is 36.6 Å². The van der Waals surface area contributed by atoms with Gasteiger partial charge in [-0.3, -0.25) is 9.78 Å². The Balaban J connectivity index is 1.56. The van der Waals surface area contributed by atoms with Gasteiger partial charge in [0, 0.05) is 38.3 Å². The normalized spacial score (nSPS) is 15.7. The molecule has 0 atom stereocenters. The van der Waals surface area contributed by atoms with Crippen LogP contribution in [0.15, 0.2) is 53.7 Å². The molecule has 2 heterocycles. The van der Waals surface area contributed by atoms with E-state index in [0.29, 0.717) is 37.2 Å². The third-order valence-electron chi connectivity index (χ3n) is 4.69. The van der Waals surface area contributed by atoms with Crippen LogP contribution >= 0.6 is 0 Å². The van der Waals surface area contributed by atoms with Gasteiger partial charge in [-0.15, -0.1) is 0 Å². The summed E-state index contributed by atoms with van der Waals surface area (Å²) in [5.74, 6) is 0.156. The lowest BCUT2D eigenvalue weighted by molar-refractivity contribution is -0.118. The van der Waals surface area contributed by atoms with Crippen LogP contribution in [0.25, 0.3) is 0 Å². The van der Waals surface area contributed by atoms with Gasteiger partial charge in [-0.2, -0.15) is 4.31 Å². The van der Waals surface area contributed by atoms with Gasteiger partial charge in [-0.25, -0.2) is 8.42 Å². The van der Waals surface area contributed by atoms with E-state index in [-0.39, 0.29) is 5.78 Å². The molecule has 26 heavy (non-hydrogen) atoms. The van der Waals surface area contributed by atoms with Gasteiger partial charge in [0.1, 0.15) is 5.78 Å². The van der Waals surface area contributed by atoms with E-state index in [1.807, 2.05) is 24.3 Å². The average molecular weight is 372 g/mol. The standard InChI is InChI=1S/C20H24N2O3S/c23-19(15-18-5-4-12-21-16-18)9-6-17-7-10-20(11-8-17)26(24,25)22-13-2-1-3-14-22/h4-5,7-8,10-12,16H,1-3,6,9,13-15H2. The van der Waals surface area contributed by atoms with Crippen molar-refractivity contribution in [1.29, 1.82) is 0 Å². The predicted octanol–water partition coefficient (Wildman–Crippen LogP) is 3.00. The number of pyridine rings is 1. The number of Topliss-reactive ketones (excluding diaryl/α,β-unsaturated/α-hetero) is 1. The van der Waals surface area contributed by atoms with Gasteiger partial charge in [0.05, 0.1) is 4.90 Å². The van der Waals surface area contributed by atoms with Gasteiger partial charge in [-0.1, -0.05) is 24.6 Å². The number of ketones is 1. The number of aryl methyl sites for hydroxylation is 1. The minimum Gasteiger partial charge on any atom is -0.299 e. The summed E-state index contributed by atoms with van der Waals surface area (Å²) in [4.78, 5) is 16.4. The molecule has 0 bridgehead atoms. The molecular formula is C20H24N2O3S. The summed E-state index contributed by atoms with van der Waals surface area (Å²) in [6.07, 6.45) is 7.78. The molecule has 0 saturated carbocycles. The molecule has 0 N–H and O–H groups in total. The third kappa shape index (κ3) is 4.77. The summed E-state index contributed by atoms with van der Waals surface area (Å²) >= 11 is 0. The molecule has 0 radical (unpaired) electrons. The van der Waals surface area contributed by atoms with E-state index in [9.17, 15) is 13.2 Å². The summed E-state index contributed by atoms with van der Waals surface area (Å²) in [6, 6.07) is 10.7. The van der Waals surface area contributed by atoms with Gasteiger partial charge >= 0.3 is 0 Å². The lowest BCUT2D eigenvalue weighted by Crippen LogP contribution is -2.35. The minimum atomic E-state index is -3.39. The van der Waals surface area contributed by atoms with Crippen molar-refractivity contribution < 1.29 is 13.2 Å². The fourth-order valence-corrected chi connectivity index (χ4v) is 4.70. The van der Waals surface area contributed by atoms with Crippen LogP contribution < -0.4 is 0 Å². The Bertz CT molecular complexity index is 827. The molecule has 6 heteroatoms. The first kappa shape index (κ1) is 18.7. The molecule has 5 nitrogen and oxygen atoms in total. The van der Waals surface area contributed by atoms with Crippen molar-refractivity contribution in [2.75, 3.05) is 13.1 Å².